The number of esters is 1. The Kier molecular flexibility index (Phi) is 4.05. The summed E-state index contributed by atoms with van der Waals surface area (Å²) in [5, 5.41) is 0.534. The van der Waals surface area contributed by atoms with Crippen LogP contribution < -0.4 is 5.73 Å². The standard InChI is InChI=1S/C10H10ClNO2S/c1-14-9(13)4-6-2-3-7(11)5-8(6)10(12)15/h2-3,5H,4H2,1H3,(H2,12,15). The van der Waals surface area contributed by atoms with Gasteiger partial charge in [-0.3, -0.25) is 4.79 Å². The molecule has 1 aromatic rings. The van der Waals surface area contributed by atoms with Gasteiger partial charge in [0.1, 0.15) is 4.99 Å². The number of carbonyl (C=O) groups excluding carboxylic acids is 1. The van der Waals surface area contributed by atoms with Crippen LogP contribution in [0, 0.1) is 0 Å². The minimum absolute atomic E-state index is 0.139. The smallest absolute Gasteiger partial charge is 0.310 e. The molecule has 5 heteroatoms. The van der Waals surface area contributed by atoms with Crippen LogP contribution in [-0.4, -0.2) is 18.1 Å². The van der Waals surface area contributed by atoms with E-state index in [1.54, 1.807) is 18.2 Å². The molecule has 0 atom stereocenters. The van der Waals surface area contributed by atoms with Gasteiger partial charge in [0.15, 0.2) is 0 Å². The van der Waals surface area contributed by atoms with Crippen LogP contribution in [0.15, 0.2) is 18.2 Å². The summed E-state index contributed by atoms with van der Waals surface area (Å²) in [6.07, 6.45) is 0.139. The fraction of sp³-hybridized carbons (Fsp3) is 0.200. The number of thiocarbonyl (C=S) groups is 1. The normalized spacial score (nSPS) is 9.73. The summed E-state index contributed by atoms with van der Waals surface area (Å²) < 4.78 is 4.56. The first-order valence-corrected chi connectivity index (χ1v) is 4.98. The van der Waals surface area contributed by atoms with Gasteiger partial charge in [-0.2, -0.15) is 0 Å². The van der Waals surface area contributed by atoms with E-state index in [1.807, 2.05) is 0 Å². The van der Waals surface area contributed by atoms with Gasteiger partial charge < -0.3 is 10.5 Å². The van der Waals surface area contributed by atoms with Crippen molar-refractivity contribution in [1.82, 2.24) is 0 Å². The molecule has 0 bridgehead atoms. The van der Waals surface area contributed by atoms with E-state index < -0.39 is 0 Å². The molecule has 3 nitrogen and oxygen atoms in total. The lowest BCUT2D eigenvalue weighted by Gasteiger charge is -2.07. The van der Waals surface area contributed by atoms with Crippen LogP contribution in [0.2, 0.25) is 5.02 Å². The average molecular weight is 244 g/mol. The Bertz CT molecular complexity index is 406. The number of rotatable bonds is 3. The van der Waals surface area contributed by atoms with Crippen molar-refractivity contribution in [2.24, 2.45) is 5.73 Å². The Morgan fingerprint density at radius 2 is 2.27 bits per heavy atom. The minimum Gasteiger partial charge on any atom is -0.469 e. The number of hydrogen-bond acceptors (Lipinski definition) is 3. The molecule has 1 aromatic carbocycles. The molecule has 15 heavy (non-hydrogen) atoms. The van der Waals surface area contributed by atoms with E-state index in [0.29, 0.717) is 10.6 Å². The quantitative estimate of drug-likeness (QED) is 0.649. The van der Waals surface area contributed by atoms with Crippen LogP contribution >= 0.6 is 23.8 Å². The van der Waals surface area contributed by atoms with Gasteiger partial charge in [-0.1, -0.05) is 29.9 Å². The Morgan fingerprint density at radius 1 is 1.60 bits per heavy atom. The summed E-state index contributed by atoms with van der Waals surface area (Å²) in [5.41, 5.74) is 6.86. The lowest BCUT2D eigenvalue weighted by Crippen LogP contribution is -2.15. The van der Waals surface area contributed by atoms with Gasteiger partial charge in [-0.15, -0.1) is 0 Å². The molecule has 0 aliphatic rings. The maximum Gasteiger partial charge on any atom is 0.310 e. The molecular weight excluding hydrogens is 234 g/mol. The summed E-state index contributed by atoms with van der Waals surface area (Å²) in [6.45, 7) is 0. The summed E-state index contributed by atoms with van der Waals surface area (Å²) >= 11 is 10.7. The highest BCUT2D eigenvalue weighted by Crippen LogP contribution is 2.17. The second kappa shape index (κ2) is 5.09. The van der Waals surface area contributed by atoms with E-state index in [9.17, 15) is 4.79 Å². The van der Waals surface area contributed by atoms with Crippen molar-refractivity contribution >= 4 is 34.8 Å². The molecule has 0 fully saturated rings. The molecular formula is C10H10ClNO2S. The van der Waals surface area contributed by atoms with E-state index in [0.717, 1.165) is 5.56 Å². The number of hydrogen-bond donors (Lipinski definition) is 1. The number of halogens is 1. The van der Waals surface area contributed by atoms with Gasteiger partial charge >= 0.3 is 5.97 Å². The van der Waals surface area contributed by atoms with E-state index >= 15 is 0 Å². The molecule has 0 aliphatic carbocycles. The van der Waals surface area contributed by atoms with Crippen LogP contribution in [0.4, 0.5) is 0 Å². The largest absolute Gasteiger partial charge is 0.469 e. The minimum atomic E-state index is -0.338. The van der Waals surface area contributed by atoms with Crippen LogP contribution in [0.25, 0.3) is 0 Å². The first kappa shape index (κ1) is 11.9. The summed E-state index contributed by atoms with van der Waals surface area (Å²) in [6, 6.07) is 5.04. The Morgan fingerprint density at radius 3 is 2.80 bits per heavy atom. The van der Waals surface area contributed by atoms with Gasteiger partial charge in [0.25, 0.3) is 0 Å². The Labute approximate surface area is 98.2 Å². The van der Waals surface area contributed by atoms with Crippen molar-refractivity contribution in [2.45, 2.75) is 6.42 Å². The van der Waals surface area contributed by atoms with E-state index in [4.69, 9.17) is 29.6 Å². The first-order valence-electron chi connectivity index (χ1n) is 4.19. The fourth-order valence-electron chi connectivity index (χ4n) is 1.16. The molecule has 0 radical (unpaired) electrons. The van der Waals surface area contributed by atoms with Gasteiger partial charge in [-0.05, 0) is 17.7 Å². The van der Waals surface area contributed by atoms with Gasteiger partial charge in [0.2, 0.25) is 0 Å². The molecule has 0 saturated heterocycles. The number of methoxy groups -OCH3 is 1. The predicted octanol–water partition coefficient (Wildman–Crippen LogP) is 1.69. The zero-order chi connectivity index (χ0) is 11.4. The Hall–Kier alpha value is -1.13. The molecule has 0 unspecified atom stereocenters. The van der Waals surface area contributed by atoms with Gasteiger partial charge in [-0.25, -0.2) is 0 Å². The molecule has 0 heterocycles. The molecule has 0 amide bonds. The summed E-state index contributed by atoms with van der Waals surface area (Å²) in [4.78, 5) is 11.3. The molecule has 1 rings (SSSR count). The number of benzene rings is 1. The number of ether oxygens (including phenoxy) is 1. The van der Waals surface area contributed by atoms with Gasteiger partial charge in [0.05, 0.1) is 13.5 Å². The maximum atomic E-state index is 11.1. The lowest BCUT2D eigenvalue weighted by molar-refractivity contribution is -0.139. The first-order chi connectivity index (χ1) is 7.04. The summed E-state index contributed by atoms with van der Waals surface area (Å²) in [7, 11) is 1.33. The number of nitrogens with two attached hydrogens (primary N) is 1. The van der Waals surface area contributed by atoms with Crippen molar-refractivity contribution in [3.63, 3.8) is 0 Å². The zero-order valence-corrected chi connectivity index (χ0v) is 9.69. The van der Waals surface area contributed by atoms with E-state index in [-0.39, 0.29) is 17.4 Å². The third kappa shape index (κ3) is 3.18. The van der Waals surface area contributed by atoms with Crippen LogP contribution in [-0.2, 0) is 16.0 Å². The highest BCUT2D eigenvalue weighted by atomic mass is 35.5. The SMILES string of the molecule is COC(=O)Cc1ccc(Cl)cc1C(N)=S. The van der Waals surface area contributed by atoms with Crippen molar-refractivity contribution in [3.8, 4) is 0 Å². The molecule has 0 aromatic heterocycles. The van der Waals surface area contributed by atoms with Crippen LogP contribution in [0.3, 0.4) is 0 Å². The molecule has 0 saturated carbocycles. The monoisotopic (exact) mass is 243 g/mol. The van der Waals surface area contributed by atoms with Crippen molar-refractivity contribution in [3.05, 3.63) is 34.3 Å². The Balaban J connectivity index is 3.06. The fourth-order valence-corrected chi connectivity index (χ4v) is 1.52. The molecule has 2 N–H and O–H groups in total. The topological polar surface area (TPSA) is 52.3 Å². The predicted molar refractivity (Wildman–Crippen MR) is 63.1 cm³/mol. The van der Waals surface area contributed by atoms with Crippen LogP contribution in [0.5, 0.6) is 0 Å². The third-order valence-electron chi connectivity index (χ3n) is 1.90. The highest BCUT2D eigenvalue weighted by molar-refractivity contribution is 7.80. The second-order valence-electron chi connectivity index (χ2n) is 2.92. The van der Waals surface area contributed by atoms with Crippen molar-refractivity contribution < 1.29 is 9.53 Å². The molecule has 80 valence electrons. The third-order valence-corrected chi connectivity index (χ3v) is 2.35. The second-order valence-corrected chi connectivity index (χ2v) is 3.79. The maximum absolute atomic E-state index is 11.1. The lowest BCUT2D eigenvalue weighted by atomic mass is 10.0. The molecule has 0 spiro atoms. The zero-order valence-electron chi connectivity index (χ0n) is 8.12. The number of carbonyl (C=O) groups is 1. The van der Waals surface area contributed by atoms with Gasteiger partial charge in [0, 0.05) is 10.6 Å². The highest BCUT2D eigenvalue weighted by Gasteiger charge is 2.10. The van der Waals surface area contributed by atoms with Crippen molar-refractivity contribution in [1.29, 1.82) is 0 Å². The van der Waals surface area contributed by atoms with Crippen molar-refractivity contribution in [2.75, 3.05) is 7.11 Å². The van der Waals surface area contributed by atoms with Crippen LogP contribution in [0.1, 0.15) is 11.1 Å². The van der Waals surface area contributed by atoms with E-state index in [1.165, 1.54) is 7.11 Å². The van der Waals surface area contributed by atoms with E-state index in [2.05, 4.69) is 4.74 Å². The average Bonchev–Trinajstić information content (AvgIpc) is 2.20. The molecule has 0 aliphatic heterocycles. The summed E-state index contributed by atoms with van der Waals surface area (Å²) in [5.74, 6) is -0.338.